The number of hydrogen-bond acceptors (Lipinski definition) is 1. The zero-order chi connectivity index (χ0) is 9.10. The minimum absolute atomic E-state index is 0.472. The molecule has 0 aliphatic carbocycles. The van der Waals surface area contributed by atoms with Gasteiger partial charge in [0.15, 0.2) is 0 Å². The van der Waals surface area contributed by atoms with E-state index >= 15 is 0 Å². The van der Waals surface area contributed by atoms with Gasteiger partial charge in [-0.25, -0.2) is 0 Å². The SMILES string of the molecule is C#CCC1CCc2ccccc2N1. The van der Waals surface area contributed by atoms with E-state index < -0.39 is 0 Å². The summed E-state index contributed by atoms with van der Waals surface area (Å²) < 4.78 is 0. The number of hydrogen-bond donors (Lipinski definition) is 1. The standard InChI is InChI=1S/C12H13N/c1-2-5-11-9-8-10-6-3-4-7-12(10)13-11/h1,3-4,6-7,11,13H,5,8-9H2. The molecule has 0 saturated carbocycles. The van der Waals surface area contributed by atoms with Crippen LogP contribution < -0.4 is 5.32 Å². The molecule has 0 spiro atoms. The van der Waals surface area contributed by atoms with Gasteiger partial charge in [-0.2, -0.15) is 0 Å². The molecule has 0 radical (unpaired) electrons. The van der Waals surface area contributed by atoms with Gasteiger partial charge in [0.05, 0.1) is 0 Å². The quantitative estimate of drug-likeness (QED) is 0.640. The molecule has 1 heteroatoms. The molecule has 1 nitrogen and oxygen atoms in total. The van der Waals surface area contributed by atoms with Crippen LogP contribution in [0.25, 0.3) is 0 Å². The fourth-order valence-electron chi connectivity index (χ4n) is 1.80. The summed E-state index contributed by atoms with van der Waals surface area (Å²) in [7, 11) is 0. The number of para-hydroxylation sites is 1. The Morgan fingerprint density at radius 1 is 1.46 bits per heavy atom. The first-order valence-electron chi connectivity index (χ1n) is 4.68. The van der Waals surface area contributed by atoms with Gasteiger partial charge >= 0.3 is 0 Å². The first-order chi connectivity index (χ1) is 6.40. The molecule has 1 heterocycles. The Morgan fingerprint density at radius 2 is 2.31 bits per heavy atom. The van der Waals surface area contributed by atoms with E-state index in [0.717, 1.165) is 19.3 Å². The summed E-state index contributed by atoms with van der Waals surface area (Å²) in [5, 5.41) is 3.46. The van der Waals surface area contributed by atoms with Crippen molar-refractivity contribution in [2.45, 2.75) is 25.3 Å². The van der Waals surface area contributed by atoms with Crippen molar-refractivity contribution in [1.29, 1.82) is 0 Å². The van der Waals surface area contributed by atoms with Gasteiger partial charge < -0.3 is 5.32 Å². The number of fused-ring (bicyclic) bond motifs is 1. The predicted octanol–water partition coefficient (Wildman–Crippen LogP) is 2.44. The van der Waals surface area contributed by atoms with Gasteiger partial charge in [-0.15, -0.1) is 12.3 Å². The van der Waals surface area contributed by atoms with Crippen LogP contribution in [-0.4, -0.2) is 6.04 Å². The summed E-state index contributed by atoms with van der Waals surface area (Å²) in [6.07, 6.45) is 8.42. The lowest BCUT2D eigenvalue weighted by Crippen LogP contribution is -2.24. The molecule has 13 heavy (non-hydrogen) atoms. The molecule has 1 aliphatic rings. The van der Waals surface area contributed by atoms with E-state index in [2.05, 4.69) is 35.5 Å². The Kier molecular flexibility index (Phi) is 2.23. The Bertz CT molecular complexity index is 335. The Hall–Kier alpha value is -1.42. The van der Waals surface area contributed by atoms with Crippen molar-refractivity contribution in [3.8, 4) is 12.3 Å². The van der Waals surface area contributed by atoms with Crippen molar-refractivity contribution in [3.63, 3.8) is 0 Å². The smallest absolute Gasteiger partial charge is 0.0375 e. The third-order valence-corrected chi connectivity index (χ3v) is 2.50. The molecule has 0 saturated heterocycles. The predicted molar refractivity (Wildman–Crippen MR) is 55.6 cm³/mol. The molecular weight excluding hydrogens is 158 g/mol. The van der Waals surface area contributed by atoms with Gasteiger partial charge in [-0.1, -0.05) is 18.2 Å². The molecule has 0 bridgehead atoms. The van der Waals surface area contributed by atoms with E-state index in [9.17, 15) is 0 Å². The molecule has 1 N–H and O–H groups in total. The zero-order valence-corrected chi connectivity index (χ0v) is 7.59. The molecule has 0 fully saturated rings. The number of anilines is 1. The Labute approximate surface area is 79.2 Å². The van der Waals surface area contributed by atoms with Crippen molar-refractivity contribution >= 4 is 5.69 Å². The largest absolute Gasteiger partial charge is 0.381 e. The minimum atomic E-state index is 0.472. The van der Waals surface area contributed by atoms with Gasteiger partial charge in [0.25, 0.3) is 0 Å². The first-order valence-corrected chi connectivity index (χ1v) is 4.68. The van der Waals surface area contributed by atoms with E-state index in [1.165, 1.54) is 11.3 Å². The van der Waals surface area contributed by atoms with Gasteiger partial charge in [-0.05, 0) is 24.5 Å². The number of aryl methyl sites for hydroxylation is 1. The van der Waals surface area contributed by atoms with Crippen LogP contribution >= 0.6 is 0 Å². The third kappa shape index (κ3) is 1.67. The van der Waals surface area contributed by atoms with Crippen molar-refractivity contribution in [3.05, 3.63) is 29.8 Å². The molecule has 0 amide bonds. The van der Waals surface area contributed by atoms with Crippen LogP contribution in [-0.2, 0) is 6.42 Å². The van der Waals surface area contributed by atoms with Crippen molar-refractivity contribution in [2.75, 3.05) is 5.32 Å². The molecule has 1 aromatic carbocycles. The van der Waals surface area contributed by atoms with Crippen LogP contribution in [0.4, 0.5) is 5.69 Å². The average Bonchev–Trinajstić information content (AvgIpc) is 2.18. The average molecular weight is 171 g/mol. The summed E-state index contributed by atoms with van der Waals surface area (Å²) in [4.78, 5) is 0. The molecule has 1 aromatic rings. The maximum absolute atomic E-state index is 5.29. The van der Waals surface area contributed by atoms with Crippen LogP contribution in [0.5, 0.6) is 0 Å². The van der Waals surface area contributed by atoms with E-state index in [4.69, 9.17) is 6.42 Å². The first kappa shape index (κ1) is 8.19. The van der Waals surface area contributed by atoms with E-state index in [0.29, 0.717) is 6.04 Å². The van der Waals surface area contributed by atoms with E-state index in [1.807, 2.05) is 0 Å². The van der Waals surface area contributed by atoms with Gasteiger partial charge in [-0.3, -0.25) is 0 Å². The summed E-state index contributed by atoms with van der Waals surface area (Å²) >= 11 is 0. The molecule has 2 rings (SSSR count). The monoisotopic (exact) mass is 171 g/mol. The summed E-state index contributed by atoms with van der Waals surface area (Å²) in [6.45, 7) is 0. The minimum Gasteiger partial charge on any atom is -0.381 e. The lowest BCUT2D eigenvalue weighted by Gasteiger charge is -2.25. The molecule has 66 valence electrons. The van der Waals surface area contributed by atoms with Gasteiger partial charge in [0, 0.05) is 18.2 Å². The second-order valence-electron chi connectivity index (χ2n) is 3.45. The second-order valence-corrected chi connectivity index (χ2v) is 3.45. The summed E-state index contributed by atoms with van der Waals surface area (Å²) in [6, 6.07) is 8.92. The Morgan fingerprint density at radius 3 is 3.15 bits per heavy atom. The maximum Gasteiger partial charge on any atom is 0.0375 e. The highest BCUT2D eigenvalue weighted by Crippen LogP contribution is 2.24. The molecule has 1 aliphatic heterocycles. The highest BCUT2D eigenvalue weighted by molar-refractivity contribution is 5.53. The Balaban J connectivity index is 2.16. The molecule has 1 unspecified atom stereocenters. The summed E-state index contributed by atoms with van der Waals surface area (Å²) in [5.74, 6) is 2.71. The lowest BCUT2D eigenvalue weighted by atomic mass is 9.97. The topological polar surface area (TPSA) is 12.0 Å². The molecule has 0 aromatic heterocycles. The maximum atomic E-state index is 5.29. The van der Waals surface area contributed by atoms with Crippen molar-refractivity contribution < 1.29 is 0 Å². The van der Waals surface area contributed by atoms with Crippen molar-refractivity contribution in [2.24, 2.45) is 0 Å². The second kappa shape index (κ2) is 3.53. The van der Waals surface area contributed by atoms with Crippen LogP contribution in [0.3, 0.4) is 0 Å². The van der Waals surface area contributed by atoms with Crippen molar-refractivity contribution in [1.82, 2.24) is 0 Å². The van der Waals surface area contributed by atoms with Crippen LogP contribution in [0.1, 0.15) is 18.4 Å². The highest BCUT2D eigenvalue weighted by Gasteiger charge is 2.15. The van der Waals surface area contributed by atoms with Gasteiger partial charge in [0.2, 0.25) is 0 Å². The summed E-state index contributed by atoms with van der Waals surface area (Å²) in [5.41, 5.74) is 2.67. The number of rotatable bonds is 1. The van der Waals surface area contributed by atoms with Gasteiger partial charge in [0.1, 0.15) is 0 Å². The highest BCUT2D eigenvalue weighted by atomic mass is 14.9. The van der Waals surface area contributed by atoms with E-state index in [1.54, 1.807) is 0 Å². The van der Waals surface area contributed by atoms with E-state index in [-0.39, 0.29) is 0 Å². The fraction of sp³-hybridized carbons (Fsp3) is 0.333. The normalized spacial score (nSPS) is 19.8. The number of nitrogens with one attached hydrogen (secondary N) is 1. The number of benzene rings is 1. The van der Waals surface area contributed by atoms with Crippen LogP contribution in [0, 0.1) is 12.3 Å². The molecular formula is C12H13N. The number of terminal acetylenes is 1. The van der Waals surface area contributed by atoms with Crippen LogP contribution in [0.2, 0.25) is 0 Å². The fourth-order valence-corrected chi connectivity index (χ4v) is 1.80. The third-order valence-electron chi connectivity index (χ3n) is 2.50. The molecule has 1 atom stereocenters. The zero-order valence-electron chi connectivity index (χ0n) is 7.59. The van der Waals surface area contributed by atoms with Crippen LogP contribution in [0.15, 0.2) is 24.3 Å². The lowest BCUT2D eigenvalue weighted by molar-refractivity contribution is 0.646.